The Labute approximate surface area is 128 Å². The van der Waals surface area contributed by atoms with Crippen molar-refractivity contribution in [2.75, 3.05) is 25.9 Å². The van der Waals surface area contributed by atoms with Crippen molar-refractivity contribution in [2.24, 2.45) is 0 Å². The highest BCUT2D eigenvalue weighted by atomic mass is 35.5. The molecule has 1 aromatic carbocycles. The summed E-state index contributed by atoms with van der Waals surface area (Å²) in [4.78, 5) is 2.11. The molecule has 0 bridgehead atoms. The normalized spacial score (nSPS) is 23.1. The molecule has 1 aromatic rings. The molecule has 1 aliphatic rings. The second-order valence-corrected chi connectivity index (χ2v) is 7.65. The van der Waals surface area contributed by atoms with Gasteiger partial charge in [0.05, 0.1) is 24.5 Å². The zero-order valence-corrected chi connectivity index (χ0v) is 13.8. The number of hydrogen-bond donors (Lipinski definition) is 1. The Morgan fingerprint density at radius 3 is 2.80 bits per heavy atom. The molecule has 20 heavy (non-hydrogen) atoms. The molecule has 114 valence electrons. The van der Waals surface area contributed by atoms with Crippen LogP contribution in [0.2, 0.25) is 0 Å². The molecule has 2 atom stereocenters. The Kier molecular flexibility index (Phi) is 6.49. The average molecular weight is 320 g/mol. The zero-order valence-electron chi connectivity index (χ0n) is 12.2. The van der Waals surface area contributed by atoms with Gasteiger partial charge in [0.2, 0.25) is 0 Å². The second-order valence-electron chi connectivity index (χ2n) is 5.64. The van der Waals surface area contributed by atoms with E-state index in [0.29, 0.717) is 10.8 Å². The van der Waals surface area contributed by atoms with Crippen LogP contribution in [0.1, 0.15) is 37.7 Å². The molecule has 5 heteroatoms. The van der Waals surface area contributed by atoms with Crippen molar-refractivity contribution >= 4 is 9.84 Å². The number of sulfone groups is 1. The predicted molar refractivity (Wildman–Crippen MR) is 77.4 cm³/mol. The average Bonchev–Trinajstić information content (AvgIpc) is 2.39. The van der Waals surface area contributed by atoms with E-state index >= 15 is 0 Å². The SMILES string of the molecule is CCC[NH+]1CCC[C@@H](c2cccc(S([14CH3])(=O)=O)c2)C1.[Cl-]. The molecule has 1 heterocycles. The van der Waals surface area contributed by atoms with Crippen LogP contribution in [0.15, 0.2) is 29.2 Å². The standard InChI is InChI=1S/C15H23NO2S.ClH/c1-3-9-16-10-5-7-14(12-16)13-6-4-8-15(11-13)19(2,17)18;/h4,6,8,11,14H,3,5,7,9-10,12H2,1-2H3;1H/t14-;/m1./s1/i2+2;. The fourth-order valence-electron chi connectivity index (χ4n) is 3.02. The molecule has 3 nitrogen and oxygen atoms in total. The number of rotatable bonds is 4. The van der Waals surface area contributed by atoms with Gasteiger partial charge in [-0.3, -0.25) is 0 Å². The summed E-state index contributed by atoms with van der Waals surface area (Å²) in [6.07, 6.45) is 4.91. The summed E-state index contributed by atoms with van der Waals surface area (Å²) in [6.45, 7) is 5.85. The number of hydrogen-bond acceptors (Lipinski definition) is 2. The summed E-state index contributed by atoms with van der Waals surface area (Å²) in [5, 5.41) is 0. The first-order chi connectivity index (χ1) is 9.00. The lowest BCUT2D eigenvalue weighted by Gasteiger charge is -2.30. The third-order valence-corrected chi connectivity index (χ3v) is 5.09. The van der Waals surface area contributed by atoms with Crippen molar-refractivity contribution in [3.05, 3.63) is 29.8 Å². The van der Waals surface area contributed by atoms with Crippen LogP contribution >= 0.6 is 0 Å². The molecule has 0 saturated carbocycles. The van der Waals surface area contributed by atoms with Gasteiger partial charge in [-0.25, -0.2) is 8.42 Å². The van der Waals surface area contributed by atoms with Crippen molar-refractivity contribution in [3.63, 3.8) is 0 Å². The zero-order chi connectivity index (χ0) is 13.9. The fraction of sp³-hybridized carbons (Fsp3) is 0.600. The molecule has 1 fully saturated rings. The largest absolute Gasteiger partial charge is 1.00 e. The van der Waals surface area contributed by atoms with Crippen LogP contribution in [-0.4, -0.2) is 34.3 Å². The van der Waals surface area contributed by atoms with E-state index in [9.17, 15) is 8.42 Å². The molecule has 2 rings (SSSR count). The number of quaternary nitrogens is 1. The smallest absolute Gasteiger partial charge is 0.175 e. The maximum absolute atomic E-state index is 11.6. The maximum atomic E-state index is 11.6. The topological polar surface area (TPSA) is 38.6 Å². The van der Waals surface area contributed by atoms with Crippen LogP contribution in [0.5, 0.6) is 0 Å². The van der Waals surface area contributed by atoms with E-state index in [4.69, 9.17) is 0 Å². The molecule has 0 aliphatic carbocycles. The van der Waals surface area contributed by atoms with Gasteiger partial charge in [-0.1, -0.05) is 19.1 Å². The molecular formula is C15H24ClNO2S. The lowest BCUT2D eigenvalue weighted by Crippen LogP contribution is -3.13. The Morgan fingerprint density at radius 2 is 2.15 bits per heavy atom. The molecule has 0 radical (unpaired) electrons. The van der Waals surface area contributed by atoms with E-state index in [1.54, 1.807) is 11.0 Å². The van der Waals surface area contributed by atoms with E-state index in [-0.39, 0.29) is 12.4 Å². The molecular weight excluding hydrogens is 296 g/mol. The molecule has 0 aromatic heterocycles. The van der Waals surface area contributed by atoms with Crippen LogP contribution in [0.4, 0.5) is 0 Å². The van der Waals surface area contributed by atoms with Gasteiger partial charge < -0.3 is 17.3 Å². The van der Waals surface area contributed by atoms with E-state index in [2.05, 4.69) is 13.0 Å². The van der Waals surface area contributed by atoms with Crippen LogP contribution in [0, 0.1) is 0 Å². The predicted octanol–water partition coefficient (Wildman–Crippen LogP) is -1.73. The van der Waals surface area contributed by atoms with Gasteiger partial charge in [0.15, 0.2) is 9.84 Å². The van der Waals surface area contributed by atoms with E-state index in [1.165, 1.54) is 44.2 Å². The number of benzene rings is 1. The minimum Gasteiger partial charge on any atom is -1.00 e. The minimum absolute atomic E-state index is 0. The Bertz CT molecular complexity index is 528. The van der Waals surface area contributed by atoms with Gasteiger partial charge in [0.25, 0.3) is 0 Å². The van der Waals surface area contributed by atoms with Crippen LogP contribution in [0.25, 0.3) is 0 Å². The highest BCUT2D eigenvalue weighted by Gasteiger charge is 2.24. The van der Waals surface area contributed by atoms with Gasteiger partial charge in [0, 0.05) is 12.2 Å². The summed E-state index contributed by atoms with van der Waals surface area (Å²) in [6, 6.07) is 7.52. The third kappa shape index (κ3) is 4.47. The van der Waals surface area contributed by atoms with Crippen LogP contribution in [0.3, 0.4) is 0 Å². The van der Waals surface area contributed by atoms with Gasteiger partial charge in [-0.15, -0.1) is 0 Å². The number of likely N-dealkylation sites (tertiary alicyclic amines) is 1. The van der Waals surface area contributed by atoms with Crippen LogP contribution < -0.4 is 17.3 Å². The molecule has 1 aliphatic heterocycles. The van der Waals surface area contributed by atoms with E-state index in [1.807, 2.05) is 12.1 Å². The number of halogens is 1. The molecule has 1 unspecified atom stereocenters. The van der Waals surface area contributed by atoms with Crippen LogP contribution in [-0.2, 0) is 9.84 Å². The summed E-state index contributed by atoms with van der Waals surface area (Å²) in [5.74, 6) is 0.511. The first kappa shape index (κ1) is 17.5. The monoisotopic (exact) mass is 319 g/mol. The highest BCUT2D eigenvalue weighted by Crippen LogP contribution is 2.24. The quantitative estimate of drug-likeness (QED) is 0.716. The van der Waals surface area contributed by atoms with E-state index in [0.717, 1.165) is 6.54 Å². The summed E-state index contributed by atoms with van der Waals surface area (Å²) in [5.41, 5.74) is 1.19. The number of nitrogens with one attached hydrogen (secondary N) is 1. The van der Waals surface area contributed by atoms with Crippen molar-refractivity contribution in [1.82, 2.24) is 0 Å². The summed E-state index contributed by atoms with van der Waals surface area (Å²) >= 11 is 0. The van der Waals surface area contributed by atoms with Crippen molar-refractivity contribution in [3.8, 4) is 0 Å². The first-order valence-corrected chi connectivity index (χ1v) is 9.03. The highest BCUT2D eigenvalue weighted by molar-refractivity contribution is 7.90. The van der Waals surface area contributed by atoms with Crippen molar-refractivity contribution < 1.29 is 25.7 Å². The van der Waals surface area contributed by atoms with Gasteiger partial charge >= 0.3 is 0 Å². The van der Waals surface area contributed by atoms with Gasteiger partial charge in [-0.05, 0) is 37.0 Å². The molecule has 0 spiro atoms. The van der Waals surface area contributed by atoms with Crippen molar-refractivity contribution in [2.45, 2.75) is 37.0 Å². The third-order valence-electron chi connectivity index (χ3n) is 3.98. The second kappa shape index (κ2) is 7.43. The van der Waals surface area contributed by atoms with E-state index < -0.39 is 9.84 Å². The molecule has 0 amide bonds. The fourth-order valence-corrected chi connectivity index (χ4v) is 3.69. The van der Waals surface area contributed by atoms with Gasteiger partial charge in [-0.2, -0.15) is 0 Å². The number of piperidine rings is 1. The molecule has 1 N–H and O–H groups in total. The lowest BCUT2D eigenvalue weighted by molar-refractivity contribution is -0.906. The molecule has 1 saturated heterocycles. The first-order valence-electron chi connectivity index (χ1n) is 7.14. The Hall–Kier alpha value is -0.580. The minimum atomic E-state index is -3.09. The summed E-state index contributed by atoms with van der Waals surface area (Å²) in [7, 11) is -3.09. The summed E-state index contributed by atoms with van der Waals surface area (Å²) < 4.78 is 23.3. The lowest BCUT2D eigenvalue weighted by atomic mass is 9.90. The maximum Gasteiger partial charge on any atom is 0.175 e. The Morgan fingerprint density at radius 1 is 1.40 bits per heavy atom. The Balaban J connectivity index is 0.00000200. The van der Waals surface area contributed by atoms with Gasteiger partial charge in [0.1, 0.15) is 0 Å². The van der Waals surface area contributed by atoms with Crippen molar-refractivity contribution in [1.29, 1.82) is 0 Å².